The topological polar surface area (TPSA) is 51.8 Å². The third kappa shape index (κ3) is 2.91. The van der Waals surface area contributed by atoms with Gasteiger partial charge in [-0.15, -0.1) is 5.10 Å². The van der Waals surface area contributed by atoms with Crippen molar-refractivity contribution in [2.75, 3.05) is 0 Å². The lowest BCUT2D eigenvalue weighted by Gasteiger charge is -2.10. The predicted molar refractivity (Wildman–Crippen MR) is 77.7 cm³/mol. The Morgan fingerprint density at radius 1 is 1.28 bits per heavy atom. The summed E-state index contributed by atoms with van der Waals surface area (Å²) in [6, 6.07) is 8.11. The number of halogens is 1. The van der Waals surface area contributed by atoms with Crippen molar-refractivity contribution < 1.29 is 0 Å². The maximum Gasteiger partial charge on any atom is 0.128 e. The molecular weight excluding hydrogens is 310 g/mol. The molecule has 5 heteroatoms. The Morgan fingerprint density at radius 2 is 2.06 bits per heavy atom. The zero-order chi connectivity index (χ0) is 13.1. The van der Waals surface area contributed by atoms with Crippen molar-refractivity contribution in [2.24, 2.45) is 5.73 Å². The summed E-state index contributed by atoms with van der Waals surface area (Å²) in [6.07, 6.45) is 0. The summed E-state index contributed by atoms with van der Waals surface area (Å²) in [5, 5.41) is 9.31. The summed E-state index contributed by atoms with van der Waals surface area (Å²) in [6.45, 7) is 4.48. The molecule has 0 fully saturated rings. The largest absolute Gasteiger partial charge is 0.326 e. The highest BCUT2D eigenvalue weighted by Gasteiger charge is 2.11. The zero-order valence-electron chi connectivity index (χ0n) is 10.3. The van der Waals surface area contributed by atoms with Gasteiger partial charge < -0.3 is 5.73 Å². The van der Waals surface area contributed by atoms with Gasteiger partial charge in [-0.2, -0.15) is 5.10 Å². The second kappa shape index (κ2) is 5.82. The Kier molecular flexibility index (Phi) is 4.37. The minimum absolute atomic E-state index is 0.485. The second-order valence-corrected chi connectivity index (χ2v) is 5.94. The van der Waals surface area contributed by atoms with Crippen molar-refractivity contribution in [1.82, 2.24) is 10.2 Å². The second-order valence-electron chi connectivity index (χ2n) is 3.96. The third-order valence-corrected chi connectivity index (χ3v) is 4.26. The minimum atomic E-state index is 0.485. The summed E-state index contributed by atoms with van der Waals surface area (Å²) >= 11 is 5.06. The van der Waals surface area contributed by atoms with Crippen molar-refractivity contribution in [3.63, 3.8) is 0 Å². The first kappa shape index (κ1) is 13.5. The summed E-state index contributed by atoms with van der Waals surface area (Å²) in [5.74, 6) is 0. The van der Waals surface area contributed by atoms with Crippen LogP contribution in [0.4, 0.5) is 0 Å². The highest BCUT2D eigenvalue weighted by molar-refractivity contribution is 9.10. The monoisotopic (exact) mass is 323 g/mol. The van der Waals surface area contributed by atoms with Gasteiger partial charge in [0.05, 0.1) is 5.69 Å². The molecule has 94 valence electrons. The van der Waals surface area contributed by atoms with E-state index in [-0.39, 0.29) is 0 Å². The van der Waals surface area contributed by atoms with E-state index in [0.717, 1.165) is 31.2 Å². The van der Waals surface area contributed by atoms with Crippen molar-refractivity contribution >= 4 is 27.7 Å². The minimum Gasteiger partial charge on any atom is -0.326 e. The standard InChI is InChI=1S/C13H14BrN3S/c1-8-9(2)16-17-13(12(8)7-15)18-11-5-3-4-10(14)6-11/h3-6H,7,15H2,1-2H3. The van der Waals surface area contributed by atoms with E-state index in [4.69, 9.17) is 5.73 Å². The molecule has 0 saturated heterocycles. The number of rotatable bonds is 3. The molecular formula is C13H14BrN3S. The molecule has 18 heavy (non-hydrogen) atoms. The smallest absolute Gasteiger partial charge is 0.128 e. The van der Waals surface area contributed by atoms with Crippen LogP contribution in [0.25, 0.3) is 0 Å². The van der Waals surface area contributed by atoms with E-state index in [2.05, 4.69) is 32.2 Å². The molecule has 0 unspecified atom stereocenters. The van der Waals surface area contributed by atoms with Gasteiger partial charge in [0, 0.05) is 21.5 Å². The quantitative estimate of drug-likeness (QED) is 0.939. The lowest BCUT2D eigenvalue weighted by molar-refractivity contribution is 0.825. The van der Waals surface area contributed by atoms with Crippen LogP contribution in [0.3, 0.4) is 0 Å². The van der Waals surface area contributed by atoms with Crippen LogP contribution in [-0.4, -0.2) is 10.2 Å². The molecule has 0 amide bonds. The van der Waals surface area contributed by atoms with Gasteiger partial charge >= 0.3 is 0 Å². The van der Waals surface area contributed by atoms with Gasteiger partial charge in [-0.05, 0) is 37.6 Å². The molecule has 0 saturated carbocycles. The van der Waals surface area contributed by atoms with Gasteiger partial charge in [0.1, 0.15) is 5.03 Å². The van der Waals surface area contributed by atoms with E-state index in [1.165, 1.54) is 0 Å². The molecule has 0 bridgehead atoms. The van der Waals surface area contributed by atoms with Gasteiger partial charge in [0.15, 0.2) is 0 Å². The first-order chi connectivity index (χ1) is 8.61. The molecule has 0 radical (unpaired) electrons. The van der Waals surface area contributed by atoms with Crippen LogP contribution >= 0.6 is 27.7 Å². The van der Waals surface area contributed by atoms with Crippen molar-refractivity contribution in [3.05, 3.63) is 45.6 Å². The van der Waals surface area contributed by atoms with Crippen LogP contribution in [0.2, 0.25) is 0 Å². The van der Waals surface area contributed by atoms with E-state index in [0.29, 0.717) is 6.54 Å². The number of nitrogens with two attached hydrogens (primary N) is 1. The van der Waals surface area contributed by atoms with E-state index in [9.17, 15) is 0 Å². The number of benzene rings is 1. The number of hydrogen-bond donors (Lipinski definition) is 1. The highest BCUT2D eigenvalue weighted by Crippen LogP contribution is 2.31. The van der Waals surface area contributed by atoms with Crippen LogP contribution < -0.4 is 5.73 Å². The Hall–Kier alpha value is -0.910. The van der Waals surface area contributed by atoms with Crippen LogP contribution in [-0.2, 0) is 6.54 Å². The fourth-order valence-corrected chi connectivity index (χ4v) is 3.15. The molecule has 0 aliphatic rings. The van der Waals surface area contributed by atoms with Crippen molar-refractivity contribution in [3.8, 4) is 0 Å². The first-order valence-corrected chi connectivity index (χ1v) is 7.19. The molecule has 0 aliphatic heterocycles. The van der Waals surface area contributed by atoms with Crippen LogP contribution in [0, 0.1) is 13.8 Å². The van der Waals surface area contributed by atoms with E-state index < -0.39 is 0 Å². The Labute approximate surface area is 119 Å². The summed E-state index contributed by atoms with van der Waals surface area (Å²) in [4.78, 5) is 1.12. The zero-order valence-corrected chi connectivity index (χ0v) is 12.7. The average molecular weight is 324 g/mol. The number of nitrogens with zero attached hydrogens (tertiary/aromatic N) is 2. The molecule has 2 aromatic rings. The van der Waals surface area contributed by atoms with Crippen LogP contribution in [0.15, 0.2) is 38.7 Å². The Bertz CT molecular complexity index is 572. The summed E-state index contributed by atoms with van der Waals surface area (Å²) in [5.41, 5.74) is 8.96. The molecule has 1 aromatic carbocycles. The third-order valence-electron chi connectivity index (χ3n) is 2.76. The maximum atomic E-state index is 5.81. The maximum absolute atomic E-state index is 5.81. The summed E-state index contributed by atoms with van der Waals surface area (Å²) < 4.78 is 1.05. The fraction of sp³-hybridized carbons (Fsp3) is 0.231. The average Bonchev–Trinajstić information content (AvgIpc) is 2.34. The highest BCUT2D eigenvalue weighted by atomic mass is 79.9. The Morgan fingerprint density at radius 3 is 2.72 bits per heavy atom. The van der Waals surface area contributed by atoms with E-state index in [1.54, 1.807) is 11.8 Å². The van der Waals surface area contributed by atoms with E-state index in [1.807, 2.05) is 32.0 Å². The van der Waals surface area contributed by atoms with Crippen molar-refractivity contribution in [2.45, 2.75) is 30.3 Å². The van der Waals surface area contributed by atoms with Gasteiger partial charge in [0.25, 0.3) is 0 Å². The molecule has 0 spiro atoms. The van der Waals surface area contributed by atoms with Crippen molar-refractivity contribution in [1.29, 1.82) is 0 Å². The lowest BCUT2D eigenvalue weighted by Crippen LogP contribution is -2.06. The lowest BCUT2D eigenvalue weighted by atomic mass is 10.1. The molecule has 0 atom stereocenters. The predicted octanol–water partition coefficient (Wildman–Crippen LogP) is 3.47. The van der Waals surface area contributed by atoms with Gasteiger partial charge in [-0.25, -0.2) is 0 Å². The molecule has 2 N–H and O–H groups in total. The van der Waals surface area contributed by atoms with Gasteiger partial charge in [0.2, 0.25) is 0 Å². The first-order valence-electron chi connectivity index (χ1n) is 5.58. The van der Waals surface area contributed by atoms with E-state index >= 15 is 0 Å². The molecule has 1 heterocycles. The molecule has 1 aromatic heterocycles. The van der Waals surface area contributed by atoms with Crippen LogP contribution in [0.5, 0.6) is 0 Å². The Balaban J connectivity index is 2.37. The number of aromatic nitrogens is 2. The number of hydrogen-bond acceptors (Lipinski definition) is 4. The van der Waals surface area contributed by atoms with Gasteiger partial charge in [-0.3, -0.25) is 0 Å². The molecule has 0 aliphatic carbocycles. The molecule has 2 rings (SSSR count). The fourth-order valence-electron chi connectivity index (χ4n) is 1.60. The van der Waals surface area contributed by atoms with Gasteiger partial charge in [-0.1, -0.05) is 33.8 Å². The normalized spacial score (nSPS) is 10.7. The summed E-state index contributed by atoms with van der Waals surface area (Å²) in [7, 11) is 0. The molecule has 3 nitrogen and oxygen atoms in total. The van der Waals surface area contributed by atoms with Crippen LogP contribution in [0.1, 0.15) is 16.8 Å². The number of aryl methyl sites for hydroxylation is 1. The SMILES string of the molecule is Cc1nnc(Sc2cccc(Br)c2)c(CN)c1C.